The highest BCUT2D eigenvalue weighted by atomic mass is 16.4. The maximum absolute atomic E-state index is 12.5. The SMILES string of the molecule is CC(C)(C)C=CC(NC(=O)C1CN(c2ccncc2)CCN1)C(=O)O. The molecule has 1 fully saturated rings. The summed E-state index contributed by atoms with van der Waals surface area (Å²) in [6, 6.07) is 2.29. The standard InChI is InChI=1S/C18H26N4O3/c1-18(2,3)7-4-14(17(24)25)21-16(23)15-12-22(11-10-20-15)13-5-8-19-9-6-13/h4-9,14-15,20H,10-12H2,1-3H3,(H,21,23)(H,24,25). The average molecular weight is 346 g/mol. The Morgan fingerprint density at radius 2 is 2.08 bits per heavy atom. The highest BCUT2D eigenvalue weighted by Crippen LogP contribution is 2.16. The summed E-state index contributed by atoms with van der Waals surface area (Å²) in [5, 5.41) is 15.1. The summed E-state index contributed by atoms with van der Waals surface area (Å²) in [5.74, 6) is -1.39. The highest BCUT2D eigenvalue weighted by Gasteiger charge is 2.28. The normalized spacial score (nSPS) is 19.6. The molecule has 2 unspecified atom stereocenters. The number of rotatable bonds is 5. The van der Waals surface area contributed by atoms with E-state index in [9.17, 15) is 14.7 Å². The van der Waals surface area contributed by atoms with E-state index in [-0.39, 0.29) is 11.3 Å². The number of carbonyl (C=O) groups excluding carboxylic acids is 1. The average Bonchev–Trinajstić information content (AvgIpc) is 2.58. The number of amides is 1. The summed E-state index contributed by atoms with van der Waals surface area (Å²) in [5.41, 5.74) is 0.844. The Hall–Kier alpha value is -2.41. The molecule has 7 nitrogen and oxygen atoms in total. The monoisotopic (exact) mass is 346 g/mol. The van der Waals surface area contributed by atoms with Crippen LogP contribution < -0.4 is 15.5 Å². The molecule has 2 rings (SSSR count). The fraction of sp³-hybridized carbons (Fsp3) is 0.500. The summed E-state index contributed by atoms with van der Waals surface area (Å²) in [4.78, 5) is 30.0. The molecule has 0 bridgehead atoms. The van der Waals surface area contributed by atoms with Gasteiger partial charge in [0, 0.05) is 37.7 Å². The molecule has 1 aromatic heterocycles. The molecule has 0 aromatic carbocycles. The van der Waals surface area contributed by atoms with Crippen LogP contribution in [0.1, 0.15) is 20.8 Å². The summed E-state index contributed by atoms with van der Waals surface area (Å²) < 4.78 is 0. The van der Waals surface area contributed by atoms with Crippen molar-refractivity contribution in [1.29, 1.82) is 0 Å². The van der Waals surface area contributed by atoms with Crippen LogP contribution in [0.15, 0.2) is 36.7 Å². The minimum atomic E-state index is -1.07. The van der Waals surface area contributed by atoms with Gasteiger partial charge in [-0.1, -0.05) is 32.9 Å². The highest BCUT2D eigenvalue weighted by molar-refractivity contribution is 5.88. The van der Waals surface area contributed by atoms with Crippen molar-refractivity contribution in [1.82, 2.24) is 15.6 Å². The molecular weight excluding hydrogens is 320 g/mol. The second-order valence-electron chi connectivity index (χ2n) is 7.21. The predicted octanol–water partition coefficient (Wildman–Crippen LogP) is 1.03. The van der Waals surface area contributed by atoms with Crippen LogP contribution in [0.5, 0.6) is 0 Å². The smallest absolute Gasteiger partial charge is 0.330 e. The predicted molar refractivity (Wildman–Crippen MR) is 96.4 cm³/mol. The minimum Gasteiger partial charge on any atom is -0.479 e. The first-order valence-electron chi connectivity index (χ1n) is 8.37. The molecule has 1 aliphatic heterocycles. The van der Waals surface area contributed by atoms with Crippen LogP contribution in [0, 0.1) is 5.41 Å². The fourth-order valence-corrected chi connectivity index (χ4v) is 2.55. The number of anilines is 1. The van der Waals surface area contributed by atoms with Crippen molar-refractivity contribution in [2.75, 3.05) is 24.5 Å². The first-order valence-corrected chi connectivity index (χ1v) is 8.37. The molecule has 25 heavy (non-hydrogen) atoms. The zero-order chi connectivity index (χ0) is 18.4. The van der Waals surface area contributed by atoms with E-state index >= 15 is 0 Å². The van der Waals surface area contributed by atoms with Gasteiger partial charge < -0.3 is 20.6 Å². The van der Waals surface area contributed by atoms with Crippen LogP contribution in [0.3, 0.4) is 0 Å². The number of aliphatic carboxylic acids is 1. The van der Waals surface area contributed by atoms with E-state index in [4.69, 9.17) is 0 Å². The van der Waals surface area contributed by atoms with E-state index in [1.807, 2.05) is 32.9 Å². The Kier molecular flexibility index (Phi) is 6.14. The molecule has 0 saturated carbocycles. The van der Waals surface area contributed by atoms with E-state index in [2.05, 4.69) is 20.5 Å². The van der Waals surface area contributed by atoms with Gasteiger partial charge in [0.2, 0.25) is 5.91 Å². The molecule has 1 aliphatic rings. The van der Waals surface area contributed by atoms with Crippen molar-refractivity contribution in [2.24, 2.45) is 5.41 Å². The van der Waals surface area contributed by atoms with Gasteiger partial charge in [-0.3, -0.25) is 9.78 Å². The van der Waals surface area contributed by atoms with Crippen molar-refractivity contribution < 1.29 is 14.7 Å². The van der Waals surface area contributed by atoms with Gasteiger partial charge in [-0.15, -0.1) is 0 Å². The van der Waals surface area contributed by atoms with Gasteiger partial charge >= 0.3 is 5.97 Å². The van der Waals surface area contributed by atoms with Crippen LogP contribution in [0.4, 0.5) is 5.69 Å². The Balaban J connectivity index is 2.01. The van der Waals surface area contributed by atoms with Crippen molar-refractivity contribution in [2.45, 2.75) is 32.9 Å². The molecule has 3 N–H and O–H groups in total. The zero-order valence-electron chi connectivity index (χ0n) is 14.9. The third-order valence-electron chi connectivity index (χ3n) is 3.87. The first-order chi connectivity index (χ1) is 11.8. The second-order valence-corrected chi connectivity index (χ2v) is 7.21. The van der Waals surface area contributed by atoms with E-state index in [1.165, 1.54) is 6.08 Å². The number of carbonyl (C=O) groups is 2. The van der Waals surface area contributed by atoms with E-state index < -0.39 is 18.1 Å². The quantitative estimate of drug-likeness (QED) is 0.690. The number of nitrogens with zero attached hydrogens (tertiary/aromatic N) is 2. The molecule has 1 saturated heterocycles. The number of nitrogens with one attached hydrogen (secondary N) is 2. The molecule has 0 aliphatic carbocycles. The van der Waals surface area contributed by atoms with Crippen molar-refractivity contribution in [3.05, 3.63) is 36.7 Å². The van der Waals surface area contributed by atoms with Crippen molar-refractivity contribution in [3.63, 3.8) is 0 Å². The molecular formula is C18H26N4O3. The van der Waals surface area contributed by atoms with E-state index in [0.29, 0.717) is 13.1 Å². The van der Waals surface area contributed by atoms with Gasteiger partial charge in [0.1, 0.15) is 12.1 Å². The summed E-state index contributed by atoms with van der Waals surface area (Å²) in [6.07, 6.45) is 6.75. The lowest BCUT2D eigenvalue weighted by molar-refractivity contribution is -0.140. The molecule has 136 valence electrons. The Morgan fingerprint density at radius 1 is 1.40 bits per heavy atom. The van der Waals surface area contributed by atoms with Gasteiger partial charge in [0.15, 0.2) is 0 Å². The fourth-order valence-electron chi connectivity index (χ4n) is 2.55. The zero-order valence-corrected chi connectivity index (χ0v) is 14.9. The summed E-state index contributed by atoms with van der Waals surface area (Å²) in [6.45, 7) is 7.82. The molecule has 2 heterocycles. The molecule has 2 atom stereocenters. The van der Waals surface area contributed by atoms with Gasteiger partial charge in [-0.05, 0) is 17.5 Å². The third kappa shape index (κ3) is 5.86. The summed E-state index contributed by atoms with van der Waals surface area (Å²) in [7, 11) is 0. The van der Waals surface area contributed by atoms with Gasteiger partial charge in [0.05, 0.1) is 0 Å². The number of carboxylic acid groups (broad SMARTS) is 1. The number of hydrogen-bond acceptors (Lipinski definition) is 5. The number of allylic oxidation sites excluding steroid dienone is 1. The van der Waals surface area contributed by atoms with Crippen LogP contribution in [-0.2, 0) is 9.59 Å². The number of piperazine rings is 1. The van der Waals surface area contributed by atoms with E-state index in [0.717, 1.165) is 12.2 Å². The Morgan fingerprint density at radius 3 is 2.68 bits per heavy atom. The molecule has 1 aromatic rings. The Labute approximate surface area is 148 Å². The van der Waals surface area contributed by atoms with Gasteiger partial charge in [-0.2, -0.15) is 0 Å². The molecule has 0 radical (unpaired) electrons. The largest absolute Gasteiger partial charge is 0.479 e. The molecule has 1 amide bonds. The molecule has 0 spiro atoms. The maximum atomic E-state index is 12.5. The van der Waals surface area contributed by atoms with Gasteiger partial charge in [0.25, 0.3) is 0 Å². The van der Waals surface area contributed by atoms with Gasteiger partial charge in [-0.25, -0.2) is 4.79 Å². The maximum Gasteiger partial charge on any atom is 0.330 e. The second kappa shape index (κ2) is 8.11. The minimum absolute atomic E-state index is 0.153. The van der Waals surface area contributed by atoms with Crippen LogP contribution >= 0.6 is 0 Å². The van der Waals surface area contributed by atoms with Crippen molar-refractivity contribution in [3.8, 4) is 0 Å². The lowest BCUT2D eigenvalue weighted by Crippen LogP contribution is -2.59. The van der Waals surface area contributed by atoms with Crippen molar-refractivity contribution >= 4 is 17.6 Å². The van der Waals surface area contributed by atoms with Crippen LogP contribution in [0.2, 0.25) is 0 Å². The Bertz CT molecular complexity index is 625. The third-order valence-corrected chi connectivity index (χ3v) is 3.87. The lowest BCUT2D eigenvalue weighted by Gasteiger charge is -2.34. The number of pyridine rings is 1. The summed E-state index contributed by atoms with van der Waals surface area (Å²) >= 11 is 0. The number of hydrogen-bond donors (Lipinski definition) is 3. The van der Waals surface area contributed by atoms with Crippen LogP contribution in [-0.4, -0.2) is 53.7 Å². The topological polar surface area (TPSA) is 94.6 Å². The van der Waals surface area contributed by atoms with E-state index in [1.54, 1.807) is 18.5 Å². The first kappa shape index (κ1) is 18.9. The van der Waals surface area contributed by atoms with Crippen LogP contribution in [0.25, 0.3) is 0 Å². The number of carboxylic acids is 1. The lowest BCUT2D eigenvalue weighted by atomic mass is 9.95. The number of aromatic nitrogens is 1. The molecule has 7 heteroatoms.